The molecule has 0 fully saturated rings. The number of rotatable bonds is 12. The number of unbranched alkanes of at least 4 members (excludes halogenated alkanes) is 3. The van der Waals surface area contributed by atoms with Crippen molar-refractivity contribution in [1.29, 1.82) is 0 Å². The molecule has 2 aromatic rings. The molecule has 0 aliphatic rings. The molecule has 2 atom stereocenters. The zero-order chi connectivity index (χ0) is 28.3. The smallest absolute Gasteiger partial charge is 0.408 e. The minimum Gasteiger partial charge on any atom is -0.444 e. The maximum atomic E-state index is 13.8. The van der Waals surface area contributed by atoms with Crippen LogP contribution in [0.5, 0.6) is 0 Å². The Balaban J connectivity index is 2.40. The number of hydrogen-bond donors (Lipinski definition) is 2. The van der Waals surface area contributed by atoms with E-state index in [1.807, 2.05) is 62.4 Å². The number of alkyl carbamates (subject to hydrolysis) is 1. The average molecular weight is 524 g/mol. The highest BCUT2D eigenvalue weighted by Gasteiger charge is 2.34. The fraction of sp³-hybridized carbons (Fsp3) is 0.516. The molecule has 7 heteroatoms. The zero-order valence-electron chi connectivity index (χ0n) is 24.1. The number of ether oxygens (including phenoxy) is 1. The van der Waals surface area contributed by atoms with Crippen molar-refractivity contribution >= 4 is 17.9 Å². The molecule has 0 aliphatic heterocycles. The van der Waals surface area contributed by atoms with Crippen LogP contribution in [0.15, 0.2) is 48.5 Å². The maximum absolute atomic E-state index is 13.8. The molecule has 208 valence electrons. The Morgan fingerprint density at radius 3 is 2.16 bits per heavy atom. The summed E-state index contributed by atoms with van der Waals surface area (Å²) in [6.07, 6.45) is 3.14. The van der Waals surface area contributed by atoms with Gasteiger partial charge in [-0.1, -0.05) is 85.8 Å². The minimum absolute atomic E-state index is 0.257. The van der Waals surface area contributed by atoms with Gasteiger partial charge in [0.2, 0.25) is 11.8 Å². The summed E-state index contributed by atoms with van der Waals surface area (Å²) in [6.45, 7) is 13.8. The number of carbonyl (C=O) groups excluding carboxylic acids is 3. The lowest BCUT2D eigenvalue weighted by Gasteiger charge is -2.34. The molecule has 7 nitrogen and oxygen atoms in total. The van der Waals surface area contributed by atoms with E-state index in [2.05, 4.69) is 17.6 Å². The van der Waals surface area contributed by atoms with Gasteiger partial charge >= 0.3 is 6.09 Å². The molecule has 0 radical (unpaired) electrons. The van der Waals surface area contributed by atoms with Gasteiger partial charge in [0, 0.05) is 13.1 Å². The third-order valence-corrected chi connectivity index (χ3v) is 6.07. The first-order valence-corrected chi connectivity index (χ1v) is 13.6. The molecule has 38 heavy (non-hydrogen) atoms. The summed E-state index contributed by atoms with van der Waals surface area (Å²) in [6, 6.07) is 13.9. The Kier molecular flexibility index (Phi) is 11.8. The average Bonchev–Trinajstić information content (AvgIpc) is 2.82. The van der Waals surface area contributed by atoms with E-state index in [1.54, 1.807) is 32.6 Å². The van der Waals surface area contributed by atoms with Gasteiger partial charge in [-0.2, -0.15) is 0 Å². The van der Waals surface area contributed by atoms with E-state index in [0.29, 0.717) is 13.1 Å². The Hall–Kier alpha value is -3.35. The predicted molar refractivity (Wildman–Crippen MR) is 152 cm³/mol. The van der Waals surface area contributed by atoms with Gasteiger partial charge in [0.05, 0.1) is 0 Å². The van der Waals surface area contributed by atoms with Crippen molar-refractivity contribution in [2.24, 2.45) is 0 Å². The van der Waals surface area contributed by atoms with Crippen LogP contribution in [0, 0.1) is 13.8 Å². The van der Waals surface area contributed by atoms with E-state index in [-0.39, 0.29) is 11.8 Å². The third-order valence-electron chi connectivity index (χ3n) is 6.07. The van der Waals surface area contributed by atoms with E-state index in [9.17, 15) is 14.4 Å². The van der Waals surface area contributed by atoms with E-state index in [0.717, 1.165) is 47.9 Å². The third kappa shape index (κ3) is 10.2. The van der Waals surface area contributed by atoms with Crippen LogP contribution >= 0.6 is 0 Å². The number of benzene rings is 2. The van der Waals surface area contributed by atoms with Gasteiger partial charge in [-0.25, -0.2) is 4.79 Å². The lowest BCUT2D eigenvalue weighted by molar-refractivity contribution is -0.142. The van der Waals surface area contributed by atoms with Gasteiger partial charge in [0.25, 0.3) is 0 Å². The lowest BCUT2D eigenvalue weighted by Crippen LogP contribution is -2.52. The fourth-order valence-electron chi connectivity index (χ4n) is 4.39. The molecule has 2 rings (SSSR count). The summed E-state index contributed by atoms with van der Waals surface area (Å²) in [5.41, 5.74) is 3.06. The van der Waals surface area contributed by atoms with Crippen LogP contribution in [0.2, 0.25) is 0 Å². The van der Waals surface area contributed by atoms with Crippen molar-refractivity contribution in [2.45, 2.75) is 98.4 Å². The van der Waals surface area contributed by atoms with Crippen molar-refractivity contribution in [3.8, 4) is 0 Å². The van der Waals surface area contributed by atoms with Gasteiger partial charge < -0.3 is 20.3 Å². The molecular weight excluding hydrogens is 478 g/mol. The topological polar surface area (TPSA) is 87.7 Å². The monoisotopic (exact) mass is 523 g/mol. The Morgan fingerprint density at radius 1 is 0.947 bits per heavy atom. The van der Waals surface area contributed by atoms with Crippen LogP contribution in [0.3, 0.4) is 0 Å². The standard InChI is InChI=1S/C31H45N3O4/c1-8-9-10-14-17-34(29(36)24(4)33-30(37)38-31(5,6)7)27(26-19-22(2)18-23(3)20-26)28(35)32-21-25-15-12-11-13-16-25/h11-13,15-16,18-20,24,27H,8-10,14,17,21H2,1-7H3,(H,32,35)(H,33,37). The molecular formula is C31H45N3O4. The molecule has 2 unspecified atom stereocenters. The van der Waals surface area contributed by atoms with E-state index < -0.39 is 23.8 Å². The summed E-state index contributed by atoms with van der Waals surface area (Å²) in [4.78, 5) is 41.7. The second-order valence-electron chi connectivity index (χ2n) is 11.0. The SMILES string of the molecule is CCCCCCN(C(=O)C(C)NC(=O)OC(C)(C)C)C(C(=O)NCc1ccccc1)c1cc(C)cc(C)c1. The van der Waals surface area contributed by atoms with Gasteiger partial charge in [-0.05, 0) is 59.1 Å². The molecule has 0 spiro atoms. The van der Waals surface area contributed by atoms with Crippen LogP contribution in [0.4, 0.5) is 4.79 Å². The van der Waals surface area contributed by atoms with Crippen LogP contribution < -0.4 is 10.6 Å². The second kappa shape index (κ2) is 14.6. The fourth-order valence-corrected chi connectivity index (χ4v) is 4.39. The quantitative estimate of drug-likeness (QED) is 0.335. The number of hydrogen-bond acceptors (Lipinski definition) is 4. The van der Waals surface area contributed by atoms with Crippen molar-refractivity contribution in [3.63, 3.8) is 0 Å². The van der Waals surface area contributed by atoms with Crippen molar-refractivity contribution in [1.82, 2.24) is 15.5 Å². The van der Waals surface area contributed by atoms with Gasteiger partial charge in [0.1, 0.15) is 17.7 Å². The Labute approximate surface area is 228 Å². The number of aryl methyl sites for hydroxylation is 2. The summed E-state index contributed by atoms with van der Waals surface area (Å²) in [5.74, 6) is -0.585. The summed E-state index contributed by atoms with van der Waals surface area (Å²) in [5, 5.41) is 5.70. The number of carbonyl (C=O) groups is 3. The number of nitrogens with one attached hydrogen (secondary N) is 2. The highest BCUT2D eigenvalue weighted by atomic mass is 16.6. The van der Waals surface area contributed by atoms with Crippen LogP contribution in [-0.4, -0.2) is 41.0 Å². The molecule has 3 amide bonds. The van der Waals surface area contributed by atoms with Gasteiger partial charge in [-0.15, -0.1) is 0 Å². The first kappa shape index (κ1) is 30.9. The van der Waals surface area contributed by atoms with E-state index >= 15 is 0 Å². The maximum Gasteiger partial charge on any atom is 0.408 e. The lowest BCUT2D eigenvalue weighted by atomic mass is 9.98. The zero-order valence-corrected chi connectivity index (χ0v) is 24.1. The summed E-state index contributed by atoms with van der Waals surface area (Å²) in [7, 11) is 0. The summed E-state index contributed by atoms with van der Waals surface area (Å²) < 4.78 is 5.36. The molecule has 0 bridgehead atoms. The highest BCUT2D eigenvalue weighted by Crippen LogP contribution is 2.26. The van der Waals surface area contributed by atoms with Crippen LogP contribution in [0.1, 0.15) is 88.6 Å². The summed E-state index contributed by atoms with van der Waals surface area (Å²) >= 11 is 0. The van der Waals surface area contributed by atoms with Gasteiger partial charge in [0.15, 0.2) is 0 Å². The van der Waals surface area contributed by atoms with Gasteiger partial charge in [-0.3, -0.25) is 9.59 Å². The number of nitrogens with zero attached hydrogens (tertiary/aromatic N) is 1. The first-order valence-electron chi connectivity index (χ1n) is 13.6. The molecule has 2 N–H and O–H groups in total. The van der Waals surface area contributed by atoms with E-state index in [4.69, 9.17) is 4.74 Å². The van der Waals surface area contributed by atoms with E-state index in [1.165, 1.54) is 0 Å². The molecule has 0 aromatic heterocycles. The highest BCUT2D eigenvalue weighted by molar-refractivity contribution is 5.92. The van der Waals surface area contributed by atoms with Crippen LogP contribution in [-0.2, 0) is 20.9 Å². The Morgan fingerprint density at radius 2 is 1.58 bits per heavy atom. The van der Waals surface area contributed by atoms with Crippen molar-refractivity contribution in [3.05, 3.63) is 70.8 Å². The normalized spacial score (nSPS) is 12.8. The molecule has 0 heterocycles. The molecule has 0 saturated carbocycles. The van der Waals surface area contributed by atoms with Crippen molar-refractivity contribution in [2.75, 3.05) is 6.54 Å². The van der Waals surface area contributed by atoms with Crippen molar-refractivity contribution < 1.29 is 19.1 Å². The molecule has 2 aromatic carbocycles. The minimum atomic E-state index is -0.869. The first-order chi connectivity index (χ1) is 17.9. The predicted octanol–water partition coefficient (Wildman–Crippen LogP) is 5.98. The Bertz CT molecular complexity index is 1040. The molecule has 0 aliphatic carbocycles. The second-order valence-corrected chi connectivity index (χ2v) is 11.0. The molecule has 0 saturated heterocycles. The van der Waals surface area contributed by atoms with Crippen LogP contribution in [0.25, 0.3) is 0 Å². The number of amides is 3. The largest absolute Gasteiger partial charge is 0.444 e.